The molecule has 178 valence electrons. The summed E-state index contributed by atoms with van der Waals surface area (Å²) >= 11 is 0. The highest BCUT2D eigenvalue weighted by Gasteiger charge is 2.17. The van der Waals surface area contributed by atoms with Gasteiger partial charge in [0.1, 0.15) is 13.2 Å². The van der Waals surface area contributed by atoms with Gasteiger partial charge in [-0.15, -0.1) is 0 Å². The number of aryl methyl sites for hydroxylation is 1. The Hall–Kier alpha value is -2.90. The molecular weight excluding hydrogens is 422 g/mol. The number of rotatable bonds is 13. The minimum Gasteiger partial charge on any atom is -0.460 e. The molecule has 0 fully saturated rings. The Morgan fingerprint density at radius 2 is 1.24 bits per heavy atom. The van der Waals surface area contributed by atoms with Gasteiger partial charge in [-0.3, -0.25) is 0 Å². The lowest BCUT2D eigenvalue weighted by Gasteiger charge is -2.08. The summed E-state index contributed by atoms with van der Waals surface area (Å²) in [6, 6.07) is 10.8. The zero-order chi connectivity index (χ0) is 23.6. The molecule has 0 bridgehead atoms. The number of carbonyl (C=O) groups is 2. The molecule has 7 nitrogen and oxygen atoms in total. The highest BCUT2D eigenvalue weighted by atomic mass is 16.5. The first-order valence-corrected chi connectivity index (χ1v) is 11.7. The van der Waals surface area contributed by atoms with Crippen molar-refractivity contribution >= 4 is 33.7 Å². The molecule has 0 spiro atoms. The van der Waals surface area contributed by atoms with E-state index < -0.39 is 11.9 Å². The number of aromatic nitrogens is 1. The van der Waals surface area contributed by atoms with Crippen molar-refractivity contribution in [2.45, 2.75) is 52.0 Å². The predicted octanol–water partition coefficient (Wildman–Crippen LogP) is 4.45. The molecule has 0 unspecified atom stereocenters. The summed E-state index contributed by atoms with van der Waals surface area (Å²) in [4.78, 5) is 24.7. The number of carbonyl (C=O) groups excluding carboxylic acids is 2. The van der Waals surface area contributed by atoms with Crippen molar-refractivity contribution < 1.29 is 29.3 Å². The fourth-order valence-electron chi connectivity index (χ4n) is 4.09. The lowest BCUT2D eigenvalue weighted by atomic mass is 10.1. The molecule has 0 amide bonds. The lowest BCUT2D eigenvalue weighted by Crippen LogP contribution is -2.08. The lowest BCUT2D eigenvalue weighted by molar-refractivity contribution is 0.0427. The maximum Gasteiger partial charge on any atom is 0.338 e. The van der Waals surface area contributed by atoms with Crippen molar-refractivity contribution in [3.05, 3.63) is 47.5 Å². The number of unbranched alkanes of at least 4 members (excludes halogenated alkanes) is 5. The number of benzene rings is 2. The molecule has 1 aromatic heterocycles. The second-order valence-electron chi connectivity index (χ2n) is 8.10. The van der Waals surface area contributed by atoms with Crippen LogP contribution in [0.4, 0.5) is 0 Å². The van der Waals surface area contributed by atoms with Crippen molar-refractivity contribution in [3.63, 3.8) is 0 Å². The first-order chi connectivity index (χ1) is 16.1. The van der Waals surface area contributed by atoms with E-state index in [1.54, 1.807) is 24.3 Å². The molecule has 33 heavy (non-hydrogen) atoms. The van der Waals surface area contributed by atoms with E-state index in [2.05, 4.69) is 11.5 Å². The van der Waals surface area contributed by atoms with Gasteiger partial charge in [0, 0.05) is 28.4 Å². The zero-order valence-electron chi connectivity index (χ0n) is 19.2. The van der Waals surface area contributed by atoms with Gasteiger partial charge < -0.3 is 24.3 Å². The fourth-order valence-corrected chi connectivity index (χ4v) is 4.09. The van der Waals surface area contributed by atoms with Crippen molar-refractivity contribution in [2.75, 3.05) is 26.4 Å². The quantitative estimate of drug-likeness (QED) is 0.292. The van der Waals surface area contributed by atoms with E-state index in [0.717, 1.165) is 41.2 Å². The number of fused-ring (bicyclic) bond motifs is 3. The van der Waals surface area contributed by atoms with Gasteiger partial charge in [-0.2, -0.15) is 0 Å². The first kappa shape index (κ1) is 24.7. The van der Waals surface area contributed by atoms with Crippen LogP contribution < -0.4 is 0 Å². The first-order valence-electron chi connectivity index (χ1n) is 11.7. The maximum atomic E-state index is 12.3. The molecule has 2 aromatic carbocycles. The van der Waals surface area contributed by atoms with Gasteiger partial charge in [-0.05, 0) is 42.8 Å². The number of hydrogen-bond acceptors (Lipinski definition) is 6. The number of aliphatic hydroxyl groups excluding tert-OH is 2. The van der Waals surface area contributed by atoms with Crippen LogP contribution in [-0.2, 0) is 16.0 Å². The van der Waals surface area contributed by atoms with Gasteiger partial charge in [-0.1, -0.05) is 39.0 Å². The summed E-state index contributed by atoms with van der Waals surface area (Å²) in [5.74, 6) is -0.998. The van der Waals surface area contributed by atoms with Crippen LogP contribution in [0.3, 0.4) is 0 Å². The highest BCUT2D eigenvalue weighted by molar-refractivity contribution is 6.12. The largest absolute Gasteiger partial charge is 0.460 e. The Bertz CT molecular complexity index is 1010. The molecule has 3 aromatic rings. The molecule has 3 rings (SSSR count). The topological polar surface area (TPSA) is 98.0 Å². The zero-order valence-corrected chi connectivity index (χ0v) is 19.2. The maximum absolute atomic E-state index is 12.3. The summed E-state index contributed by atoms with van der Waals surface area (Å²) < 4.78 is 12.4. The van der Waals surface area contributed by atoms with Crippen molar-refractivity contribution in [3.8, 4) is 0 Å². The van der Waals surface area contributed by atoms with Gasteiger partial charge in [0.2, 0.25) is 0 Å². The molecule has 0 aliphatic carbocycles. The molecule has 1 heterocycles. The Kier molecular flexibility index (Phi) is 9.27. The Morgan fingerprint density at radius 1 is 0.758 bits per heavy atom. The van der Waals surface area contributed by atoms with Crippen LogP contribution in [0.2, 0.25) is 0 Å². The second-order valence-corrected chi connectivity index (χ2v) is 8.10. The van der Waals surface area contributed by atoms with Crippen LogP contribution in [0, 0.1) is 0 Å². The number of aliphatic hydroxyl groups is 2. The minimum atomic E-state index is -0.499. The summed E-state index contributed by atoms with van der Waals surface area (Å²) in [5.41, 5.74) is 2.75. The van der Waals surface area contributed by atoms with Gasteiger partial charge in [-0.25, -0.2) is 9.59 Å². The Labute approximate surface area is 193 Å². The van der Waals surface area contributed by atoms with E-state index in [0.29, 0.717) is 11.1 Å². The molecule has 0 saturated carbocycles. The molecule has 2 N–H and O–H groups in total. The van der Waals surface area contributed by atoms with E-state index in [-0.39, 0.29) is 26.4 Å². The van der Waals surface area contributed by atoms with E-state index in [4.69, 9.17) is 19.7 Å². The SMILES string of the molecule is CCCCCCCCn1c2ccc(C(=O)OCCO)cc2c2cc(C(=O)OCCO)ccc21. The van der Waals surface area contributed by atoms with Crippen LogP contribution in [-0.4, -0.2) is 53.1 Å². The number of esters is 2. The van der Waals surface area contributed by atoms with Crippen molar-refractivity contribution in [1.82, 2.24) is 4.57 Å². The predicted molar refractivity (Wildman–Crippen MR) is 128 cm³/mol. The van der Waals surface area contributed by atoms with Crippen LogP contribution in [0.15, 0.2) is 36.4 Å². The van der Waals surface area contributed by atoms with Crippen LogP contribution in [0.5, 0.6) is 0 Å². The number of ether oxygens (including phenoxy) is 2. The minimum absolute atomic E-state index is 0.0580. The second kappa shape index (κ2) is 12.4. The van der Waals surface area contributed by atoms with Crippen LogP contribution in [0.25, 0.3) is 21.8 Å². The molecular formula is C26H33NO6. The van der Waals surface area contributed by atoms with Crippen LogP contribution in [0.1, 0.15) is 66.2 Å². The molecule has 0 aliphatic rings. The highest BCUT2D eigenvalue weighted by Crippen LogP contribution is 2.31. The van der Waals surface area contributed by atoms with Crippen molar-refractivity contribution in [1.29, 1.82) is 0 Å². The molecule has 0 atom stereocenters. The van der Waals surface area contributed by atoms with Gasteiger partial charge in [0.15, 0.2) is 0 Å². The average Bonchev–Trinajstić information content (AvgIpc) is 3.15. The van der Waals surface area contributed by atoms with Gasteiger partial charge in [0.05, 0.1) is 24.3 Å². The summed E-state index contributed by atoms with van der Waals surface area (Å²) in [7, 11) is 0. The summed E-state index contributed by atoms with van der Waals surface area (Å²) in [5, 5.41) is 19.6. The molecule has 7 heteroatoms. The molecule has 0 saturated heterocycles. The smallest absolute Gasteiger partial charge is 0.338 e. The summed E-state index contributed by atoms with van der Waals surface area (Å²) in [6.45, 7) is 2.47. The Morgan fingerprint density at radius 3 is 1.73 bits per heavy atom. The van der Waals surface area contributed by atoms with E-state index in [1.807, 2.05) is 12.1 Å². The third kappa shape index (κ3) is 6.12. The van der Waals surface area contributed by atoms with Crippen molar-refractivity contribution in [2.24, 2.45) is 0 Å². The van der Waals surface area contributed by atoms with E-state index in [1.165, 1.54) is 25.7 Å². The number of hydrogen-bond donors (Lipinski definition) is 2. The molecule has 0 aliphatic heterocycles. The fraction of sp³-hybridized carbons (Fsp3) is 0.462. The van der Waals surface area contributed by atoms with Crippen LogP contribution >= 0.6 is 0 Å². The van der Waals surface area contributed by atoms with E-state index in [9.17, 15) is 9.59 Å². The summed E-state index contributed by atoms with van der Waals surface area (Å²) in [6.07, 6.45) is 7.15. The monoisotopic (exact) mass is 455 g/mol. The van der Waals surface area contributed by atoms with E-state index >= 15 is 0 Å². The third-order valence-corrected chi connectivity index (χ3v) is 5.72. The Balaban J connectivity index is 1.97. The average molecular weight is 456 g/mol. The third-order valence-electron chi connectivity index (χ3n) is 5.72. The van der Waals surface area contributed by atoms with Gasteiger partial charge >= 0.3 is 11.9 Å². The normalized spacial score (nSPS) is 11.2. The number of nitrogens with zero attached hydrogens (tertiary/aromatic N) is 1. The van der Waals surface area contributed by atoms with Gasteiger partial charge in [0.25, 0.3) is 0 Å². The standard InChI is InChI=1S/C26H33NO6/c1-2-3-4-5-6-7-12-27-23-10-8-19(25(30)32-15-13-28)17-21(23)22-18-20(9-11-24(22)27)26(31)33-16-14-29/h8-11,17-18,28-29H,2-7,12-16H2,1H3. The molecule has 0 radical (unpaired) electrons.